The van der Waals surface area contributed by atoms with Gasteiger partial charge in [0.1, 0.15) is 23.7 Å². The zero-order valence-corrected chi connectivity index (χ0v) is 30.4. The molecule has 1 fully saturated rings. The third-order valence-electron chi connectivity index (χ3n) is 10.3. The fourth-order valence-electron chi connectivity index (χ4n) is 7.18. The van der Waals surface area contributed by atoms with Crippen LogP contribution in [-0.2, 0) is 31.1 Å². The number of carbonyl (C=O) groups is 4. The summed E-state index contributed by atoms with van der Waals surface area (Å²) < 4.78 is 2.06. The molecule has 2 heterocycles. The summed E-state index contributed by atoms with van der Waals surface area (Å²) in [7, 11) is 0. The number of hydrogen-bond acceptors (Lipinski definition) is 6. The van der Waals surface area contributed by atoms with E-state index in [0.29, 0.717) is 31.5 Å². The molecule has 11 nitrogen and oxygen atoms in total. The molecule has 1 saturated heterocycles. The average Bonchev–Trinajstić information content (AvgIpc) is 3.85. The van der Waals surface area contributed by atoms with E-state index in [4.69, 9.17) is 16.5 Å². The van der Waals surface area contributed by atoms with Gasteiger partial charge in [-0.1, -0.05) is 125 Å². The van der Waals surface area contributed by atoms with E-state index in [9.17, 15) is 19.2 Å². The molecule has 0 saturated carbocycles. The number of nitrogens with zero attached hydrogens (tertiary/aromatic N) is 3. The maximum Gasteiger partial charge on any atom is 0.246 e. The first-order valence-corrected chi connectivity index (χ1v) is 18.1. The van der Waals surface area contributed by atoms with Gasteiger partial charge < -0.3 is 31.6 Å². The van der Waals surface area contributed by atoms with Crippen molar-refractivity contribution in [2.45, 2.75) is 83.1 Å². The standard InChI is InChI=1S/C41H51N7O4/c1-5-28(4)36(39(51)45-35(27(2)3)40(52)48-23-15-22-34(48)37(43)49)46-38(50)33(42)24-32-25-47(26-44-32)41(29-16-9-6-10-17-29,30-18-11-7-12-19-30)31-20-13-8-14-21-31/h6-14,16-21,25-28,33-36H,5,15,22-24,42H2,1-4H3,(H2,43,49)(H,45,51)(H,46,50)/t28-,33+,34-,35-,36-/m0/s1. The van der Waals surface area contributed by atoms with Crippen LogP contribution < -0.4 is 22.1 Å². The summed E-state index contributed by atoms with van der Waals surface area (Å²) >= 11 is 0. The smallest absolute Gasteiger partial charge is 0.246 e. The van der Waals surface area contributed by atoms with Crippen LogP contribution in [0.5, 0.6) is 0 Å². The molecule has 1 aromatic heterocycles. The summed E-state index contributed by atoms with van der Waals surface area (Å²) in [6.07, 6.45) is 5.57. The van der Waals surface area contributed by atoms with E-state index in [2.05, 4.69) is 51.6 Å². The van der Waals surface area contributed by atoms with E-state index in [1.165, 1.54) is 4.90 Å². The zero-order valence-electron chi connectivity index (χ0n) is 30.4. The minimum Gasteiger partial charge on any atom is -0.368 e. The molecule has 5 rings (SSSR count). The Kier molecular flexibility index (Phi) is 12.3. The molecule has 1 aliphatic rings. The van der Waals surface area contributed by atoms with E-state index in [-0.39, 0.29) is 24.2 Å². The van der Waals surface area contributed by atoms with Crippen LogP contribution in [0.15, 0.2) is 104 Å². The van der Waals surface area contributed by atoms with Crippen molar-refractivity contribution in [3.8, 4) is 0 Å². The topological polar surface area (TPSA) is 165 Å². The van der Waals surface area contributed by atoms with Gasteiger partial charge in [0.05, 0.1) is 18.1 Å². The lowest BCUT2D eigenvalue weighted by molar-refractivity contribution is -0.142. The number of amides is 4. The van der Waals surface area contributed by atoms with Gasteiger partial charge >= 0.3 is 0 Å². The molecule has 274 valence electrons. The molecular weight excluding hydrogens is 654 g/mol. The zero-order chi connectivity index (χ0) is 37.4. The molecule has 6 N–H and O–H groups in total. The molecule has 0 radical (unpaired) electrons. The van der Waals surface area contributed by atoms with Crippen molar-refractivity contribution in [1.29, 1.82) is 0 Å². The van der Waals surface area contributed by atoms with Crippen molar-refractivity contribution >= 4 is 23.6 Å². The van der Waals surface area contributed by atoms with E-state index in [1.54, 1.807) is 6.33 Å². The Labute approximate surface area is 306 Å². The third kappa shape index (κ3) is 7.94. The maximum absolute atomic E-state index is 13.8. The summed E-state index contributed by atoms with van der Waals surface area (Å²) in [5.41, 5.74) is 15.0. The normalized spacial score (nSPS) is 16.9. The van der Waals surface area contributed by atoms with Crippen molar-refractivity contribution < 1.29 is 19.2 Å². The molecule has 11 heteroatoms. The third-order valence-corrected chi connectivity index (χ3v) is 10.3. The molecule has 52 heavy (non-hydrogen) atoms. The number of imidazole rings is 1. The largest absolute Gasteiger partial charge is 0.368 e. The van der Waals surface area contributed by atoms with E-state index in [0.717, 1.165) is 16.7 Å². The van der Waals surface area contributed by atoms with Gasteiger partial charge in [-0.2, -0.15) is 0 Å². The van der Waals surface area contributed by atoms with Gasteiger partial charge in [0.2, 0.25) is 23.6 Å². The fraction of sp³-hybridized carbons (Fsp3) is 0.390. The number of aromatic nitrogens is 2. The highest BCUT2D eigenvalue weighted by atomic mass is 16.2. The van der Waals surface area contributed by atoms with Gasteiger partial charge in [-0.25, -0.2) is 4.98 Å². The van der Waals surface area contributed by atoms with Crippen LogP contribution in [0.4, 0.5) is 0 Å². The number of rotatable bonds is 15. The average molecular weight is 706 g/mol. The first-order chi connectivity index (χ1) is 25.0. The minimum atomic E-state index is -1.01. The van der Waals surface area contributed by atoms with Crippen molar-refractivity contribution in [2.75, 3.05) is 6.54 Å². The Morgan fingerprint density at radius 3 is 1.83 bits per heavy atom. The molecule has 3 aromatic carbocycles. The summed E-state index contributed by atoms with van der Waals surface area (Å²) in [6, 6.07) is 27.1. The van der Waals surface area contributed by atoms with E-state index < -0.39 is 47.4 Å². The molecule has 0 aliphatic carbocycles. The second-order valence-corrected chi connectivity index (χ2v) is 14.1. The molecule has 0 spiro atoms. The molecule has 4 amide bonds. The number of carbonyl (C=O) groups excluding carboxylic acids is 4. The Hall–Kier alpha value is -5.29. The van der Waals surface area contributed by atoms with Crippen molar-refractivity contribution in [2.24, 2.45) is 23.3 Å². The monoisotopic (exact) mass is 705 g/mol. The fourth-order valence-corrected chi connectivity index (χ4v) is 7.18. The summed E-state index contributed by atoms with van der Waals surface area (Å²) in [4.78, 5) is 59.2. The van der Waals surface area contributed by atoms with Gasteiger partial charge in [-0.15, -0.1) is 0 Å². The van der Waals surface area contributed by atoms with Crippen LogP contribution in [0.25, 0.3) is 0 Å². The second kappa shape index (κ2) is 16.8. The van der Waals surface area contributed by atoms with Crippen molar-refractivity contribution in [3.05, 3.63) is 126 Å². The Morgan fingerprint density at radius 1 is 0.827 bits per heavy atom. The lowest BCUT2D eigenvalue weighted by atomic mass is 9.77. The Bertz CT molecular complexity index is 1720. The predicted molar refractivity (Wildman–Crippen MR) is 201 cm³/mol. The minimum absolute atomic E-state index is 0.124. The highest BCUT2D eigenvalue weighted by Crippen LogP contribution is 2.40. The van der Waals surface area contributed by atoms with E-state index in [1.807, 2.05) is 88.5 Å². The molecule has 0 unspecified atom stereocenters. The lowest BCUT2D eigenvalue weighted by Crippen LogP contribution is -2.60. The first-order valence-electron chi connectivity index (χ1n) is 18.1. The number of nitrogens with one attached hydrogen (secondary N) is 2. The van der Waals surface area contributed by atoms with Gasteiger partial charge in [-0.3, -0.25) is 19.2 Å². The second-order valence-electron chi connectivity index (χ2n) is 14.1. The number of benzene rings is 3. The number of nitrogens with two attached hydrogens (primary N) is 2. The van der Waals surface area contributed by atoms with Gasteiger partial charge in [0, 0.05) is 19.2 Å². The van der Waals surface area contributed by atoms with Gasteiger partial charge in [0.25, 0.3) is 0 Å². The van der Waals surface area contributed by atoms with Gasteiger partial charge in [-0.05, 0) is 41.4 Å². The molecule has 4 aromatic rings. The molecule has 1 aliphatic heterocycles. The lowest BCUT2D eigenvalue weighted by Gasteiger charge is -2.37. The van der Waals surface area contributed by atoms with Crippen LogP contribution in [-0.4, -0.2) is 68.8 Å². The van der Waals surface area contributed by atoms with Crippen molar-refractivity contribution in [1.82, 2.24) is 25.1 Å². The Balaban J connectivity index is 1.37. The van der Waals surface area contributed by atoms with Crippen LogP contribution in [0.3, 0.4) is 0 Å². The van der Waals surface area contributed by atoms with Crippen LogP contribution in [0.2, 0.25) is 0 Å². The van der Waals surface area contributed by atoms with Crippen molar-refractivity contribution in [3.63, 3.8) is 0 Å². The SMILES string of the molecule is CC[C@H](C)[C@H](NC(=O)[C@H](N)Cc1cn(C(c2ccccc2)(c2ccccc2)c2ccccc2)cn1)C(=O)N[C@H](C(=O)N1CCC[C@H]1C(N)=O)C(C)C. The van der Waals surface area contributed by atoms with Gasteiger partial charge in [0.15, 0.2) is 0 Å². The quantitative estimate of drug-likeness (QED) is 0.138. The van der Waals surface area contributed by atoms with E-state index >= 15 is 0 Å². The summed E-state index contributed by atoms with van der Waals surface area (Å²) in [5.74, 6) is -2.44. The van der Waals surface area contributed by atoms with Crippen LogP contribution >= 0.6 is 0 Å². The highest BCUT2D eigenvalue weighted by molar-refractivity contribution is 5.95. The van der Waals surface area contributed by atoms with Crippen LogP contribution in [0, 0.1) is 11.8 Å². The molecule has 0 bridgehead atoms. The number of likely N-dealkylation sites (tertiary alicyclic amines) is 1. The summed E-state index contributed by atoms with van der Waals surface area (Å²) in [6.45, 7) is 7.84. The number of hydrogen-bond donors (Lipinski definition) is 4. The molecule has 5 atom stereocenters. The first kappa shape index (κ1) is 38.0. The maximum atomic E-state index is 13.8. The predicted octanol–water partition coefficient (Wildman–Crippen LogP) is 3.74. The number of primary amides is 1. The Morgan fingerprint density at radius 2 is 1.35 bits per heavy atom. The molecular formula is C41H51N7O4. The summed E-state index contributed by atoms with van der Waals surface area (Å²) in [5, 5.41) is 5.75. The highest BCUT2D eigenvalue weighted by Gasteiger charge is 2.40. The van der Waals surface area contributed by atoms with Crippen LogP contribution in [0.1, 0.15) is 69.3 Å².